The van der Waals surface area contributed by atoms with Gasteiger partial charge < -0.3 is 16.0 Å². The number of amides is 3. The van der Waals surface area contributed by atoms with Gasteiger partial charge in [-0.3, -0.25) is 14.4 Å². The predicted octanol–water partition coefficient (Wildman–Crippen LogP) is 2.96. The van der Waals surface area contributed by atoms with Gasteiger partial charge in [-0.05, 0) is 62.7 Å². The van der Waals surface area contributed by atoms with Gasteiger partial charge in [0.05, 0.1) is 22.6 Å². The van der Waals surface area contributed by atoms with Crippen LogP contribution < -0.4 is 16.0 Å². The lowest BCUT2D eigenvalue weighted by atomic mass is 10.1. The Kier molecular flexibility index (Phi) is 5.53. The quantitative estimate of drug-likeness (QED) is 0.594. The molecule has 158 valence electrons. The molecule has 4 rings (SSSR count). The SMILES string of the molecule is Cc1cc(C)n(-c2ccc(NC(=O)CC[C@H]3NC(=O)c4ccccc4NC3=O)cc2)n1. The molecular weight excluding hydrogens is 394 g/mol. The average Bonchev–Trinajstić information content (AvgIpc) is 3.03. The van der Waals surface area contributed by atoms with Gasteiger partial charge >= 0.3 is 0 Å². The van der Waals surface area contributed by atoms with Crippen molar-refractivity contribution in [3.63, 3.8) is 0 Å². The number of para-hydroxylation sites is 1. The van der Waals surface area contributed by atoms with E-state index in [9.17, 15) is 14.4 Å². The van der Waals surface area contributed by atoms with Crippen molar-refractivity contribution < 1.29 is 14.4 Å². The van der Waals surface area contributed by atoms with Crippen molar-refractivity contribution in [2.75, 3.05) is 10.6 Å². The molecule has 0 fully saturated rings. The molecule has 3 amide bonds. The molecule has 1 atom stereocenters. The Labute approximate surface area is 179 Å². The number of benzene rings is 2. The zero-order chi connectivity index (χ0) is 22.0. The molecule has 0 bridgehead atoms. The molecule has 2 heterocycles. The van der Waals surface area contributed by atoms with E-state index < -0.39 is 6.04 Å². The standard InChI is InChI=1S/C23H23N5O3/c1-14-13-15(2)28(27-14)17-9-7-16(8-10-17)24-21(29)12-11-20-23(31)25-19-6-4-3-5-18(19)22(30)26-20/h3-10,13,20H,11-12H2,1-2H3,(H,24,29)(H,25,31)(H,26,30)/t20-/m1/s1. The number of carbonyl (C=O) groups is 3. The first kappa shape index (κ1) is 20.3. The second-order valence-corrected chi connectivity index (χ2v) is 7.53. The summed E-state index contributed by atoms with van der Waals surface area (Å²) < 4.78 is 1.84. The van der Waals surface area contributed by atoms with E-state index in [0.29, 0.717) is 16.9 Å². The largest absolute Gasteiger partial charge is 0.340 e. The molecular formula is C23H23N5O3. The zero-order valence-electron chi connectivity index (χ0n) is 17.3. The molecule has 1 aliphatic heterocycles. The lowest BCUT2D eigenvalue weighted by molar-refractivity contribution is -0.118. The van der Waals surface area contributed by atoms with Gasteiger partial charge in [0, 0.05) is 17.8 Å². The summed E-state index contributed by atoms with van der Waals surface area (Å²) in [6, 6.07) is 15.4. The smallest absolute Gasteiger partial charge is 0.254 e. The van der Waals surface area contributed by atoms with Gasteiger partial charge in [-0.2, -0.15) is 5.10 Å². The summed E-state index contributed by atoms with van der Waals surface area (Å²) in [6.07, 6.45) is 0.287. The third-order valence-electron chi connectivity index (χ3n) is 5.12. The minimum atomic E-state index is -0.779. The van der Waals surface area contributed by atoms with Crippen LogP contribution in [0, 0.1) is 13.8 Å². The first-order valence-corrected chi connectivity index (χ1v) is 10.0. The van der Waals surface area contributed by atoms with Crippen molar-refractivity contribution in [1.82, 2.24) is 15.1 Å². The van der Waals surface area contributed by atoms with Crippen LogP contribution in [0.3, 0.4) is 0 Å². The van der Waals surface area contributed by atoms with Crippen molar-refractivity contribution in [3.05, 3.63) is 71.5 Å². The number of hydrogen-bond acceptors (Lipinski definition) is 4. The van der Waals surface area contributed by atoms with Crippen LogP contribution in [-0.4, -0.2) is 33.5 Å². The summed E-state index contributed by atoms with van der Waals surface area (Å²) in [4.78, 5) is 37.2. The van der Waals surface area contributed by atoms with Crippen LogP contribution >= 0.6 is 0 Å². The summed E-state index contributed by atoms with van der Waals surface area (Å²) >= 11 is 0. The maximum Gasteiger partial charge on any atom is 0.254 e. The van der Waals surface area contributed by atoms with E-state index in [0.717, 1.165) is 17.1 Å². The van der Waals surface area contributed by atoms with E-state index in [4.69, 9.17) is 0 Å². The average molecular weight is 417 g/mol. The summed E-state index contributed by atoms with van der Waals surface area (Å²) in [7, 11) is 0. The van der Waals surface area contributed by atoms with Crippen LogP contribution in [0.15, 0.2) is 54.6 Å². The van der Waals surface area contributed by atoms with E-state index >= 15 is 0 Å². The van der Waals surface area contributed by atoms with Crippen molar-refractivity contribution in [2.24, 2.45) is 0 Å². The summed E-state index contributed by atoms with van der Waals surface area (Å²) in [5.41, 5.74) is 4.40. The number of carbonyl (C=O) groups excluding carboxylic acids is 3. The first-order chi connectivity index (χ1) is 14.9. The molecule has 0 saturated carbocycles. The fourth-order valence-electron chi connectivity index (χ4n) is 3.59. The van der Waals surface area contributed by atoms with Gasteiger partial charge in [0.15, 0.2) is 0 Å². The lowest BCUT2D eigenvalue weighted by Crippen LogP contribution is -2.41. The molecule has 3 N–H and O–H groups in total. The number of nitrogens with zero attached hydrogens (tertiary/aromatic N) is 2. The highest BCUT2D eigenvalue weighted by atomic mass is 16.2. The molecule has 1 aromatic heterocycles. The molecule has 3 aromatic rings. The van der Waals surface area contributed by atoms with Crippen LogP contribution in [-0.2, 0) is 9.59 Å². The Morgan fingerprint density at radius 3 is 2.55 bits per heavy atom. The van der Waals surface area contributed by atoms with E-state index in [-0.39, 0.29) is 30.6 Å². The maximum atomic E-state index is 12.4. The zero-order valence-corrected chi connectivity index (χ0v) is 17.3. The minimum absolute atomic E-state index is 0.0912. The van der Waals surface area contributed by atoms with E-state index in [1.165, 1.54) is 0 Å². The van der Waals surface area contributed by atoms with Crippen molar-refractivity contribution in [1.29, 1.82) is 0 Å². The van der Waals surface area contributed by atoms with E-state index in [1.54, 1.807) is 36.4 Å². The Morgan fingerprint density at radius 2 is 1.84 bits per heavy atom. The third kappa shape index (κ3) is 4.48. The highest BCUT2D eigenvalue weighted by molar-refractivity contribution is 6.10. The molecule has 0 aliphatic carbocycles. The van der Waals surface area contributed by atoms with Crippen LogP contribution in [0.2, 0.25) is 0 Å². The Balaban J connectivity index is 1.35. The highest BCUT2D eigenvalue weighted by Crippen LogP contribution is 2.20. The Hall–Kier alpha value is -3.94. The summed E-state index contributed by atoms with van der Waals surface area (Å²) in [5, 5.41) is 12.7. The van der Waals surface area contributed by atoms with Crippen LogP contribution in [0.1, 0.15) is 34.6 Å². The topological polar surface area (TPSA) is 105 Å². The summed E-state index contributed by atoms with van der Waals surface area (Å²) in [5.74, 6) is -0.901. The number of hydrogen-bond donors (Lipinski definition) is 3. The highest BCUT2D eigenvalue weighted by Gasteiger charge is 2.27. The minimum Gasteiger partial charge on any atom is -0.340 e. The Morgan fingerprint density at radius 1 is 1.10 bits per heavy atom. The number of nitrogens with one attached hydrogen (secondary N) is 3. The van der Waals surface area contributed by atoms with Gasteiger partial charge in [0.25, 0.3) is 5.91 Å². The van der Waals surface area contributed by atoms with Gasteiger partial charge in [0.2, 0.25) is 11.8 Å². The molecule has 2 aromatic carbocycles. The molecule has 8 heteroatoms. The van der Waals surface area contributed by atoms with Gasteiger partial charge in [0.1, 0.15) is 6.04 Å². The van der Waals surface area contributed by atoms with Gasteiger partial charge in [-0.1, -0.05) is 12.1 Å². The first-order valence-electron chi connectivity index (χ1n) is 10.0. The normalized spacial score (nSPS) is 15.5. The molecule has 0 radical (unpaired) electrons. The molecule has 0 unspecified atom stereocenters. The fraction of sp³-hybridized carbons (Fsp3) is 0.217. The number of anilines is 2. The van der Waals surface area contributed by atoms with E-state index in [2.05, 4.69) is 21.0 Å². The Bertz CT molecular complexity index is 1150. The van der Waals surface area contributed by atoms with Crippen LogP contribution in [0.4, 0.5) is 11.4 Å². The van der Waals surface area contributed by atoms with Crippen LogP contribution in [0.25, 0.3) is 5.69 Å². The second-order valence-electron chi connectivity index (χ2n) is 7.53. The van der Waals surface area contributed by atoms with E-state index in [1.807, 2.05) is 36.7 Å². The number of aromatic nitrogens is 2. The van der Waals surface area contributed by atoms with Gasteiger partial charge in [-0.25, -0.2) is 4.68 Å². The van der Waals surface area contributed by atoms with Crippen molar-refractivity contribution >= 4 is 29.1 Å². The molecule has 31 heavy (non-hydrogen) atoms. The third-order valence-corrected chi connectivity index (χ3v) is 5.12. The summed E-state index contributed by atoms with van der Waals surface area (Å²) in [6.45, 7) is 3.92. The molecule has 0 spiro atoms. The van der Waals surface area contributed by atoms with Crippen LogP contribution in [0.5, 0.6) is 0 Å². The molecule has 8 nitrogen and oxygen atoms in total. The number of rotatable bonds is 5. The number of fused-ring (bicyclic) bond motifs is 1. The number of aryl methyl sites for hydroxylation is 2. The molecule has 1 aliphatic rings. The van der Waals surface area contributed by atoms with Crippen molar-refractivity contribution in [3.8, 4) is 5.69 Å². The van der Waals surface area contributed by atoms with Gasteiger partial charge in [-0.15, -0.1) is 0 Å². The fourth-order valence-corrected chi connectivity index (χ4v) is 3.59. The predicted molar refractivity (Wildman–Crippen MR) is 117 cm³/mol. The molecule has 0 saturated heterocycles. The maximum absolute atomic E-state index is 12.4. The second kappa shape index (κ2) is 8.43. The lowest BCUT2D eigenvalue weighted by Gasteiger charge is -2.14. The monoisotopic (exact) mass is 417 g/mol. The van der Waals surface area contributed by atoms with Crippen molar-refractivity contribution in [2.45, 2.75) is 32.7 Å².